The average molecular weight is 320 g/mol. The lowest BCUT2D eigenvalue weighted by molar-refractivity contribution is 0.0943. The molecular formula is C12H18ClN3O3S. The summed E-state index contributed by atoms with van der Waals surface area (Å²) in [6.07, 6.45) is 2.52. The molecule has 1 atom stereocenters. The molecule has 0 aliphatic rings. The number of carbonyl (C=O) groups is 1. The Hall–Kier alpha value is -1.34. The maximum Gasteiger partial charge on any atom is 0.253 e. The maximum atomic E-state index is 11.9. The minimum absolute atomic E-state index is 0.116. The van der Waals surface area contributed by atoms with Crippen LogP contribution in [0.4, 0.5) is 5.82 Å². The van der Waals surface area contributed by atoms with Gasteiger partial charge in [-0.1, -0.05) is 11.6 Å². The summed E-state index contributed by atoms with van der Waals surface area (Å²) in [6, 6.07) is 1.01. The van der Waals surface area contributed by atoms with E-state index in [1.165, 1.54) is 12.3 Å². The van der Waals surface area contributed by atoms with Gasteiger partial charge in [0.15, 0.2) is 0 Å². The normalized spacial score (nSPS) is 12.8. The summed E-state index contributed by atoms with van der Waals surface area (Å²) in [6.45, 7) is 4.20. The molecule has 6 nitrogen and oxygen atoms in total. The predicted molar refractivity (Wildman–Crippen MR) is 80.0 cm³/mol. The molecule has 8 heteroatoms. The van der Waals surface area contributed by atoms with Crippen LogP contribution in [0, 0.1) is 0 Å². The monoisotopic (exact) mass is 319 g/mol. The van der Waals surface area contributed by atoms with Crippen LogP contribution in [0.1, 0.15) is 24.2 Å². The first-order chi connectivity index (χ1) is 9.23. The number of rotatable bonds is 6. The molecule has 20 heavy (non-hydrogen) atoms. The van der Waals surface area contributed by atoms with E-state index >= 15 is 0 Å². The summed E-state index contributed by atoms with van der Waals surface area (Å²) in [7, 11) is -3.14. The van der Waals surface area contributed by atoms with Gasteiger partial charge in [-0.25, -0.2) is 13.4 Å². The molecule has 0 aliphatic heterocycles. The van der Waals surface area contributed by atoms with Gasteiger partial charge in [-0.15, -0.1) is 0 Å². The fraction of sp³-hybridized carbons (Fsp3) is 0.500. The molecule has 0 bridgehead atoms. The first-order valence-corrected chi connectivity index (χ1v) is 8.54. The Labute approximate surface area is 123 Å². The highest BCUT2D eigenvalue weighted by atomic mass is 35.5. The molecule has 2 N–H and O–H groups in total. The molecule has 112 valence electrons. The van der Waals surface area contributed by atoms with Crippen molar-refractivity contribution in [3.05, 3.63) is 22.8 Å². The van der Waals surface area contributed by atoms with Crippen LogP contribution in [-0.4, -0.2) is 43.9 Å². The number of halogens is 1. The van der Waals surface area contributed by atoms with Crippen LogP contribution < -0.4 is 10.6 Å². The molecule has 1 rings (SSSR count). The van der Waals surface area contributed by atoms with Crippen molar-refractivity contribution >= 4 is 33.2 Å². The number of nitrogens with one attached hydrogen (secondary N) is 2. The summed E-state index contributed by atoms with van der Waals surface area (Å²) >= 11 is 5.99. The molecule has 1 heterocycles. The van der Waals surface area contributed by atoms with Crippen LogP contribution in [0.5, 0.6) is 0 Å². The van der Waals surface area contributed by atoms with Gasteiger partial charge in [-0.3, -0.25) is 4.79 Å². The first-order valence-electron chi connectivity index (χ1n) is 6.11. The standard InChI is InChI=1S/C12H18ClN3O3S/c1-4-14-11-10(13)5-9(6-15-11)12(17)16-8(2)7-20(3,18)19/h5-6,8H,4,7H2,1-3H3,(H,14,15)(H,16,17). The molecule has 1 unspecified atom stereocenters. The fourth-order valence-corrected chi connectivity index (χ4v) is 2.89. The zero-order valence-electron chi connectivity index (χ0n) is 11.6. The minimum atomic E-state index is -3.14. The van der Waals surface area contributed by atoms with Gasteiger partial charge in [0, 0.05) is 25.0 Å². The van der Waals surface area contributed by atoms with E-state index in [-0.39, 0.29) is 11.3 Å². The number of nitrogens with zero attached hydrogens (tertiary/aromatic N) is 1. The van der Waals surface area contributed by atoms with Crippen LogP contribution in [0.25, 0.3) is 0 Å². The van der Waals surface area contributed by atoms with E-state index < -0.39 is 21.8 Å². The van der Waals surface area contributed by atoms with Crippen LogP contribution in [-0.2, 0) is 9.84 Å². The zero-order valence-corrected chi connectivity index (χ0v) is 13.2. The zero-order chi connectivity index (χ0) is 15.3. The van der Waals surface area contributed by atoms with Gasteiger partial charge < -0.3 is 10.6 Å². The number of pyridine rings is 1. The molecule has 0 saturated carbocycles. The summed E-state index contributed by atoms with van der Waals surface area (Å²) in [5, 5.41) is 5.90. The quantitative estimate of drug-likeness (QED) is 0.826. The topological polar surface area (TPSA) is 88.2 Å². The lowest BCUT2D eigenvalue weighted by Gasteiger charge is -2.13. The number of hydrogen-bond donors (Lipinski definition) is 2. The molecule has 0 radical (unpaired) electrons. The van der Waals surface area contributed by atoms with Gasteiger partial charge in [0.1, 0.15) is 15.7 Å². The molecule has 0 aliphatic carbocycles. The summed E-state index contributed by atoms with van der Waals surface area (Å²) in [5.41, 5.74) is 0.289. The molecule has 1 aromatic rings. The third-order valence-electron chi connectivity index (χ3n) is 2.38. The Bertz CT molecular complexity index is 590. The van der Waals surface area contributed by atoms with Crippen LogP contribution in [0.3, 0.4) is 0 Å². The Morgan fingerprint density at radius 1 is 1.50 bits per heavy atom. The lowest BCUT2D eigenvalue weighted by atomic mass is 10.2. The van der Waals surface area contributed by atoms with Gasteiger partial charge in [0.05, 0.1) is 16.3 Å². The Balaban J connectivity index is 2.75. The summed E-state index contributed by atoms with van der Waals surface area (Å²) in [4.78, 5) is 16.0. The van der Waals surface area contributed by atoms with Crippen LogP contribution in [0.2, 0.25) is 5.02 Å². The number of sulfone groups is 1. The lowest BCUT2D eigenvalue weighted by Crippen LogP contribution is -2.37. The van der Waals surface area contributed by atoms with Gasteiger partial charge >= 0.3 is 0 Å². The largest absolute Gasteiger partial charge is 0.369 e. The minimum Gasteiger partial charge on any atom is -0.369 e. The van der Waals surface area contributed by atoms with E-state index in [2.05, 4.69) is 15.6 Å². The van der Waals surface area contributed by atoms with E-state index in [0.29, 0.717) is 17.4 Å². The van der Waals surface area contributed by atoms with E-state index in [1.54, 1.807) is 6.92 Å². The van der Waals surface area contributed by atoms with Crippen molar-refractivity contribution in [1.82, 2.24) is 10.3 Å². The Morgan fingerprint density at radius 3 is 2.65 bits per heavy atom. The van der Waals surface area contributed by atoms with Crippen molar-refractivity contribution in [2.75, 3.05) is 23.9 Å². The van der Waals surface area contributed by atoms with E-state index in [0.717, 1.165) is 6.26 Å². The van der Waals surface area contributed by atoms with E-state index in [1.807, 2.05) is 6.92 Å². The SMILES string of the molecule is CCNc1ncc(C(=O)NC(C)CS(C)(=O)=O)cc1Cl. The third kappa shape index (κ3) is 5.34. The molecule has 0 saturated heterocycles. The van der Waals surface area contributed by atoms with Crippen molar-refractivity contribution in [2.24, 2.45) is 0 Å². The molecule has 1 amide bonds. The predicted octanol–water partition coefficient (Wildman–Crippen LogP) is 1.33. The highest BCUT2D eigenvalue weighted by molar-refractivity contribution is 7.90. The third-order valence-corrected chi connectivity index (χ3v) is 3.77. The Morgan fingerprint density at radius 2 is 2.15 bits per heavy atom. The van der Waals surface area contributed by atoms with Crippen molar-refractivity contribution in [3.63, 3.8) is 0 Å². The highest BCUT2D eigenvalue weighted by Crippen LogP contribution is 2.19. The first kappa shape index (κ1) is 16.7. The van der Waals surface area contributed by atoms with Crippen LogP contribution >= 0.6 is 11.6 Å². The number of carbonyl (C=O) groups excluding carboxylic acids is 1. The average Bonchev–Trinajstić information content (AvgIpc) is 2.29. The fourth-order valence-electron chi connectivity index (χ4n) is 1.66. The molecular weight excluding hydrogens is 302 g/mol. The van der Waals surface area contributed by atoms with Gasteiger partial charge in [0.25, 0.3) is 5.91 Å². The number of hydrogen-bond acceptors (Lipinski definition) is 5. The van der Waals surface area contributed by atoms with Gasteiger partial charge in [-0.05, 0) is 19.9 Å². The van der Waals surface area contributed by atoms with Crippen molar-refractivity contribution in [1.29, 1.82) is 0 Å². The molecule has 0 aromatic carbocycles. The molecule has 1 aromatic heterocycles. The number of aromatic nitrogens is 1. The second-order valence-corrected chi connectivity index (χ2v) is 7.14. The van der Waals surface area contributed by atoms with Crippen molar-refractivity contribution in [2.45, 2.75) is 19.9 Å². The van der Waals surface area contributed by atoms with Crippen molar-refractivity contribution < 1.29 is 13.2 Å². The van der Waals surface area contributed by atoms with Crippen molar-refractivity contribution in [3.8, 4) is 0 Å². The molecule has 0 spiro atoms. The smallest absolute Gasteiger partial charge is 0.253 e. The summed E-state index contributed by atoms with van der Waals surface area (Å²) < 4.78 is 22.3. The highest BCUT2D eigenvalue weighted by Gasteiger charge is 2.15. The maximum absolute atomic E-state index is 11.9. The summed E-state index contributed by atoms with van der Waals surface area (Å²) in [5.74, 6) is -0.0106. The second-order valence-electron chi connectivity index (χ2n) is 4.55. The molecule has 0 fully saturated rings. The van der Waals surface area contributed by atoms with Crippen LogP contribution in [0.15, 0.2) is 12.3 Å². The second kappa shape index (κ2) is 6.90. The van der Waals surface area contributed by atoms with E-state index in [4.69, 9.17) is 11.6 Å². The van der Waals surface area contributed by atoms with Gasteiger partial charge in [-0.2, -0.15) is 0 Å². The number of anilines is 1. The van der Waals surface area contributed by atoms with Gasteiger partial charge in [0.2, 0.25) is 0 Å². The Kier molecular flexibility index (Phi) is 5.76. The van der Waals surface area contributed by atoms with E-state index in [9.17, 15) is 13.2 Å². The number of amides is 1.